The predicted octanol–water partition coefficient (Wildman–Crippen LogP) is 5.14. The number of ether oxygens (including phenoxy) is 2. The molecule has 23 heavy (non-hydrogen) atoms. The summed E-state index contributed by atoms with van der Waals surface area (Å²) in [6, 6.07) is 0. The standard InChI is InChI=1S/C16H25Cl3O4/c1-2-3-4-5-6-7-8-9-12-22-14(20)10-11-15(21)23-13-16(17,18)19/h10-11H,2-9,12-13H2,1H3/b11-10+. The molecule has 0 aromatic heterocycles. The Morgan fingerprint density at radius 1 is 0.826 bits per heavy atom. The average molecular weight is 388 g/mol. The van der Waals surface area contributed by atoms with Crippen LogP contribution in [0.1, 0.15) is 58.3 Å². The van der Waals surface area contributed by atoms with Crippen LogP contribution in [0.4, 0.5) is 0 Å². The van der Waals surface area contributed by atoms with Crippen LogP contribution in [0.25, 0.3) is 0 Å². The molecule has 0 N–H and O–H groups in total. The monoisotopic (exact) mass is 386 g/mol. The third kappa shape index (κ3) is 17.7. The average Bonchev–Trinajstić information content (AvgIpc) is 2.48. The van der Waals surface area contributed by atoms with Crippen molar-refractivity contribution < 1.29 is 19.1 Å². The van der Waals surface area contributed by atoms with Crippen LogP contribution in [0.2, 0.25) is 0 Å². The fourth-order valence-electron chi connectivity index (χ4n) is 1.79. The van der Waals surface area contributed by atoms with Gasteiger partial charge in [-0.1, -0.05) is 86.7 Å². The van der Waals surface area contributed by atoms with Crippen molar-refractivity contribution in [2.45, 2.75) is 62.1 Å². The van der Waals surface area contributed by atoms with Gasteiger partial charge in [-0.3, -0.25) is 0 Å². The number of carbonyl (C=O) groups excluding carboxylic acids is 2. The molecule has 0 aromatic rings. The van der Waals surface area contributed by atoms with E-state index < -0.39 is 15.7 Å². The number of alkyl halides is 3. The molecule has 0 amide bonds. The Balaban J connectivity index is 3.56. The van der Waals surface area contributed by atoms with Gasteiger partial charge in [0.1, 0.15) is 6.61 Å². The van der Waals surface area contributed by atoms with Gasteiger partial charge in [-0.15, -0.1) is 0 Å². The zero-order chi connectivity index (χ0) is 17.6. The van der Waals surface area contributed by atoms with Crippen molar-refractivity contribution in [1.29, 1.82) is 0 Å². The summed E-state index contributed by atoms with van der Waals surface area (Å²) >= 11 is 16.3. The number of halogens is 3. The maximum absolute atomic E-state index is 11.4. The number of hydrogen-bond acceptors (Lipinski definition) is 4. The smallest absolute Gasteiger partial charge is 0.331 e. The van der Waals surface area contributed by atoms with E-state index >= 15 is 0 Å². The SMILES string of the molecule is CCCCCCCCCCOC(=O)/C=C/C(=O)OCC(Cl)(Cl)Cl. The van der Waals surface area contributed by atoms with E-state index in [0.29, 0.717) is 6.61 Å². The van der Waals surface area contributed by atoms with Crippen LogP contribution in [0.3, 0.4) is 0 Å². The highest BCUT2D eigenvalue weighted by molar-refractivity contribution is 6.67. The molecule has 0 saturated carbocycles. The Hall–Kier alpha value is -0.450. The lowest BCUT2D eigenvalue weighted by Gasteiger charge is -2.09. The van der Waals surface area contributed by atoms with Gasteiger partial charge < -0.3 is 9.47 Å². The summed E-state index contributed by atoms with van der Waals surface area (Å²) in [7, 11) is 0. The van der Waals surface area contributed by atoms with Crippen LogP contribution in [0.15, 0.2) is 12.2 Å². The Morgan fingerprint density at radius 3 is 1.83 bits per heavy atom. The molecule has 7 heteroatoms. The molecule has 0 aliphatic heterocycles. The van der Waals surface area contributed by atoms with Crippen molar-refractivity contribution in [3.8, 4) is 0 Å². The van der Waals surface area contributed by atoms with E-state index in [0.717, 1.165) is 31.4 Å². The molecule has 0 aromatic carbocycles. The number of carbonyl (C=O) groups is 2. The van der Waals surface area contributed by atoms with Crippen molar-refractivity contribution in [2.24, 2.45) is 0 Å². The minimum atomic E-state index is -1.67. The van der Waals surface area contributed by atoms with Crippen molar-refractivity contribution >= 4 is 46.7 Å². The molecule has 0 aliphatic carbocycles. The first-order chi connectivity index (χ1) is 10.8. The maximum atomic E-state index is 11.4. The van der Waals surface area contributed by atoms with Gasteiger partial charge in [0.05, 0.1) is 6.61 Å². The van der Waals surface area contributed by atoms with Crippen molar-refractivity contribution in [2.75, 3.05) is 13.2 Å². The third-order valence-electron chi connectivity index (χ3n) is 2.98. The van der Waals surface area contributed by atoms with Gasteiger partial charge >= 0.3 is 11.9 Å². The molecule has 0 bridgehead atoms. The number of unbranched alkanes of at least 4 members (excludes halogenated alkanes) is 7. The zero-order valence-electron chi connectivity index (χ0n) is 13.5. The molecule has 0 radical (unpaired) electrons. The van der Waals surface area contributed by atoms with E-state index in [-0.39, 0.29) is 6.61 Å². The Kier molecular flexibility index (Phi) is 13.7. The van der Waals surface area contributed by atoms with E-state index in [1.165, 1.54) is 32.1 Å². The third-order valence-corrected chi connectivity index (χ3v) is 3.30. The predicted molar refractivity (Wildman–Crippen MR) is 94.0 cm³/mol. The Morgan fingerprint density at radius 2 is 1.30 bits per heavy atom. The zero-order valence-corrected chi connectivity index (χ0v) is 15.8. The fraction of sp³-hybridized carbons (Fsp3) is 0.750. The quantitative estimate of drug-likeness (QED) is 0.201. The second-order valence-electron chi connectivity index (χ2n) is 5.20. The molecule has 4 nitrogen and oxygen atoms in total. The minimum absolute atomic E-state index is 0.349. The summed E-state index contributed by atoms with van der Waals surface area (Å²) in [4.78, 5) is 22.6. The van der Waals surface area contributed by atoms with Crippen LogP contribution in [-0.2, 0) is 19.1 Å². The highest BCUT2D eigenvalue weighted by atomic mass is 35.6. The minimum Gasteiger partial charge on any atom is -0.463 e. The van der Waals surface area contributed by atoms with Gasteiger partial charge in [-0.2, -0.15) is 0 Å². The lowest BCUT2D eigenvalue weighted by atomic mass is 10.1. The van der Waals surface area contributed by atoms with Crippen LogP contribution < -0.4 is 0 Å². The van der Waals surface area contributed by atoms with Crippen LogP contribution >= 0.6 is 34.8 Å². The molecule has 0 heterocycles. The molecule has 0 saturated heterocycles. The molecule has 0 aliphatic rings. The lowest BCUT2D eigenvalue weighted by Crippen LogP contribution is -2.16. The first-order valence-corrected chi connectivity index (χ1v) is 9.07. The van der Waals surface area contributed by atoms with Gasteiger partial charge in [-0.25, -0.2) is 9.59 Å². The lowest BCUT2D eigenvalue weighted by molar-refractivity contribution is -0.140. The largest absolute Gasteiger partial charge is 0.463 e. The van der Waals surface area contributed by atoms with E-state index in [4.69, 9.17) is 39.5 Å². The van der Waals surface area contributed by atoms with E-state index in [2.05, 4.69) is 11.7 Å². The summed E-state index contributed by atoms with van der Waals surface area (Å²) in [6.45, 7) is 2.17. The van der Waals surface area contributed by atoms with Gasteiger partial charge in [-0.05, 0) is 6.42 Å². The second kappa shape index (κ2) is 13.9. The van der Waals surface area contributed by atoms with Crippen molar-refractivity contribution in [3.63, 3.8) is 0 Å². The topological polar surface area (TPSA) is 52.6 Å². The molecule has 0 unspecified atom stereocenters. The molecule has 134 valence electrons. The number of rotatable bonds is 12. The van der Waals surface area contributed by atoms with Gasteiger partial charge in [0.15, 0.2) is 0 Å². The second-order valence-corrected chi connectivity index (χ2v) is 7.71. The van der Waals surface area contributed by atoms with Crippen LogP contribution in [0.5, 0.6) is 0 Å². The normalized spacial score (nSPS) is 11.7. The molecular formula is C16H25Cl3O4. The summed E-state index contributed by atoms with van der Waals surface area (Å²) < 4.78 is 7.93. The molecular weight excluding hydrogens is 363 g/mol. The number of hydrogen-bond donors (Lipinski definition) is 0. The van der Waals surface area contributed by atoms with Gasteiger partial charge in [0.2, 0.25) is 3.79 Å². The van der Waals surface area contributed by atoms with Crippen LogP contribution in [0, 0.1) is 0 Å². The van der Waals surface area contributed by atoms with Gasteiger partial charge in [0.25, 0.3) is 0 Å². The fourth-order valence-corrected chi connectivity index (χ4v) is 1.96. The highest BCUT2D eigenvalue weighted by Gasteiger charge is 2.21. The first-order valence-electron chi connectivity index (χ1n) is 7.93. The van der Waals surface area contributed by atoms with E-state index in [1.807, 2.05) is 0 Å². The summed E-state index contributed by atoms with van der Waals surface area (Å²) in [6.07, 6.45) is 11.3. The molecule has 0 atom stereocenters. The summed E-state index contributed by atoms with van der Waals surface area (Å²) in [5.41, 5.74) is 0. The first kappa shape index (κ1) is 22.6. The van der Waals surface area contributed by atoms with Crippen LogP contribution in [-0.4, -0.2) is 28.9 Å². The Bertz CT molecular complexity index is 365. The highest BCUT2D eigenvalue weighted by Crippen LogP contribution is 2.25. The summed E-state index contributed by atoms with van der Waals surface area (Å²) in [5.74, 6) is -1.35. The van der Waals surface area contributed by atoms with E-state index in [1.54, 1.807) is 0 Å². The Labute approximate surface area is 153 Å². The van der Waals surface area contributed by atoms with E-state index in [9.17, 15) is 9.59 Å². The number of esters is 2. The molecule has 0 spiro atoms. The van der Waals surface area contributed by atoms with Crippen molar-refractivity contribution in [1.82, 2.24) is 0 Å². The maximum Gasteiger partial charge on any atom is 0.331 e. The molecule has 0 fully saturated rings. The van der Waals surface area contributed by atoms with Gasteiger partial charge in [0, 0.05) is 12.2 Å². The summed E-state index contributed by atoms with van der Waals surface area (Å²) in [5, 5.41) is 0. The molecule has 0 rings (SSSR count). The van der Waals surface area contributed by atoms with Crippen molar-refractivity contribution in [3.05, 3.63) is 12.2 Å².